The van der Waals surface area contributed by atoms with Gasteiger partial charge in [0.05, 0.1) is 10.6 Å². The third-order valence-corrected chi connectivity index (χ3v) is 9.40. The van der Waals surface area contributed by atoms with E-state index in [1.165, 1.54) is 23.1 Å². The molecule has 0 saturated carbocycles. The molecule has 0 aliphatic carbocycles. The molecule has 2 amide bonds. The summed E-state index contributed by atoms with van der Waals surface area (Å²) in [6.07, 6.45) is 0.948. The zero-order valence-electron chi connectivity index (χ0n) is 24.6. The van der Waals surface area contributed by atoms with Gasteiger partial charge in [-0.05, 0) is 66.4 Å². The second kappa shape index (κ2) is 15.2. The number of hydrogen-bond acceptors (Lipinski definition) is 4. The molecular formula is C34H35Cl2N3O4S. The number of rotatable bonds is 13. The number of nitrogens with zero attached hydrogens (tertiary/aromatic N) is 2. The molecule has 1 atom stereocenters. The van der Waals surface area contributed by atoms with Crippen molar-refractivity contribution in [3.8, 4) is 0 Å². The Morgan fingerprint density at radius 3 is 2.07 bits per heavy atom. The Labute approximate surface area is 269 Å². The van der Waals surface area contributed by atoms with E-state index >= 15 is 0 Å². The van der Waals surface area contributed by atoms with Gasteiger partial charge in [-0.15, -0.1) is 0 Å². The van der Waals surface area contributed by atoms with Gasteiger partial charge in [0.2, 0.25) is 11.8 Å². The number of carbonyl (C=O) groups is 2. The fourth-order valence-corrected chi connectivity index (χ4v) is 6.57. The lowest BCUT2D eigenvalue weighted by Crippen LogP contribution is -2.53. The van der Waals surface area contributed by atoms with Crippen LogP contribution in [0.4, 0.5) is 5.69 Å². The maximum absolute atomic E-state index is 14.5. The minimum Gasteiger partial charge on any atom is -0.354 e. The predicted octanol–water partition coefficient (Wildman–Crippen LogP) is 6.66. The Bertz CT molecular complexity index is 1670. The van der Waals surface area contributed by atoms with Crippen LogP contribution in [0.2, 0.25) is 10.0 Å². The largest absolute Gasteiger partial charge is 0.354 e. The molecule has 0 bridgehead atoms. The molecule has 0 heterocycles. The topological polar surface area (TPSA) is 86.8 Å². The molecule has 0 radical (unpaired) electrons. The van der Waals surface area contributed by atoms with Crippen LogP contribution in [0.25, 0.3) is 0 Å². The van der Waals surface area contributed by atoms with Crippen molar-refractivity contribution in [2.75, 3.05) is 17.4 Å². The molecule has 44 heavy (non-hydrogen) atoms. The van der Waals surface area contributed by atoms with Crippen LogP contribution in [0.5, 0.6) is 0 Å². The Balaban J connectivity index is 1.81. The van der Waals surface area contributed by atoms with Crippen molar-refractivity contribution in [3.63, 3.8) is 0 Å². The normalized spacial score (nSPS) is 11.9. The molecule has 0 aliphatic heterocycles. The zero-order valence-corrected chi connectivity index (χ0v) is 26.9. The van der Waals surface area contributed by atoms with Crippen molar-refractivity contribution in [1.82, 2.24) is 10.2 Å². The van der Waals surface area contributed by atoms with E-state index in [0.29, 0.717) is 28.6 Å². The van der Waals surface area contributed by atoms with Crippen LogP contribution in [-0.4, -0.2) is 44.3 Å². The van der Waals surface area contributed by atoms with Crippen molar-refractivity contribution in [2.45, 2.75) is 44.2 Å². The average molecular weight is 653 g/mol. The van der Waals surface area contributed by atoms with Gasteiger partial charge >= 0.3 is 0 Å². The van der Waals surface area contributed by atoms with Gasteiger partial charge in [-0.3, -0.25) is 13.9 Å². The molecule has 4 rings (SSSR count). The minimum atomic E-state index is -4.21. The standard InChI is InChI=1S/C34H35Cl2N3O4S/c1-3-20-37-34(41)32(21-26-10-6-4-7-11-26)38(23-27-15-18-28(35)19-16-27)33(40)24-39(31-22-29(36)17-14-25(31)2)44(42,43)30-12-8-5-9-13-30/h4-19,22,32H,3,20-21,23-24H2,1-2H3,(H,37,41)/t32-/m0/s1. The Kier molecular flexibility index (Phi) is 11.4. The first-order valence-electron chi connectivity index (χ1n) is 14.3. The number of carbonyl (C=O) groups excluding carboxylic acids is 2. The van der Waals surface area contributed by atoms with Crippen molar-refractivity contribution >= 4 is 50.7 Å². The molecule has 0 saturated heterocycles. The third kappa shape index (κ3) is 8.40. The highest BCUT2D eigenvalue weighted by molar-refractivity contribution is 7.92. The van der Waals surface area contributed by atoms with Crippen LogP contribution in [-0.2, 0) is 32.6 Å². The molecule has 230 valence electrons. The van der Waals surface area contributed by atoms with Crippen LogP contribution in [0.3, 0.4) is 0 Å². The Hall–Kier alpha value is -3.85. The van der Waals surface area contributed by atoms with Crippen molar-refractivity contribution in [1.29, 1.82) is 0 Å². The van der Waals surface area contributed by atoms with Gasteiger partial charge in [-0.2, -0.15) is 0 Å². The molecule has 7 nitrogen and oxygen atoms in total. The first kappa shape index (κ1) is 33.1. The quantitative estimate of drug-likeness (QED) is 0.175. The summed E-state index contributed by atoms with van der Waals surface area (Å²) in [7, 11) is -4.21. The first-order valence-corrected chi connectivity index (χ1v) is 16.5. The monoisotopic (exact) mass is 651 g/mol. The van der Waals surface area contributed by atoms with Gasteiger partial charge in [-0.25, -0.2) is 8.42 Å². The van der Waals surface area contributed by atoms with Gasteiger partial charge in [-0.1, -0.05) is 96.9 Å². The summed E-state index contributed by atoms with van der Waals surface area (Å²) >= 11 is 12.5. The van der Waals surface area contributed by atoms with Crippen molar-refractivity contribution in [3.05, 3.63) is 130 Å². The highest BCUT2D eigenvalue weighted by atomic mass is 35.5. The van der Waals surface area contributed by atoms with Gasteiger partial charge in [0.15, 0.2) is 0 Å². The summed E-state index contributed by atoms with van der Waals surface area (Å²) in [5.74, 6) is -0.874. The van der Waals surface area contributed by atoms with E-state index in [0.717, 1.165) is 15.4 Å². The lowest BCUT2D eigenvalue weighted by atomic mass is 10.0. The number of halogens is 2. The summed E-state index contributed by atoms with van der Waals surface area (Å²) in [6.45, 7) is 3.64. The van der Waals surface area contributed by atoms with E-state index in [-0.39, 0.29) is 29.5 Å². The van der Waals surface area contributed by atoms with Crippen molar-refractivity contribution < 1.29 is 18.0 Å². The smallest absolute Gasteiger partial charge is 0.264 e. The molecule has 4 aromatic rings. The summed E-state index contributed by atoms with van der Waals surface area (Å²) in [6, 6.07) is 28.3. The van der Waals surface area contributed by atoms with Crippen LogP contribution < -0.4 is 9.62 Å². The van der Waals surface area contributed by atoms with Gasteiger partial charge in [0.25, 0.3) is 10.0 Å². The van der Waals surface area contributed by atoms with Crippen molar-refractivity contribution in [2.24, 2.45) is 0 Å². The Morgan fingerprint density at radius 1 is 0.818 bits per heavy atom. The second-order valence-corrected chi connectivity index (χ2v) is 13.1. The maximum Gasteiger partial charge on any atom is 0.264 e. The zero-order chi connectivity index (χ0) is 31.7. The predicted molar refractivity (Wildman–Crippen MR) is 176 cm³/mol. The maximum atomic E-state index is 14.5. The summed E-state index contributed by atoms with van der Waals surface area (Å²) in [5, 5.41) is 3.79. The van der Waals surface area contributed by atoms with E-state index in [9.17, 15) is 18.0 Å². The third-order valence-electron chi connectivity index (χ3n) is 7.14. The SMILES string of the molecule is CCCNC(=O)[C@H](Cc1ccccc1)N(Cc1ccc(Cl)cc1)C(=O)CN(c1cc(Cl)ccc1C)S(=O)(=O)c1ccccc1. The van der Waals surface area contributed by atoms with Gasteiger partial charge in [0.1, 0.15) is 12.6 Å². The molecule has 10 heteroatoms. The highest BCUT2D eigenvalue weighted by Crippen LogP contribution is 2.30. The van der Waals surface area contributed by atoms with E-state index in [2.05, 4.69) is 5.32 Å². The fraction of sp³-hybridized carbons (Fsp3) is 0.235. The van der Waals surface area contributed by atoms with E-state index in [1.54, 1.807) is 61.5 Å². The van der Waals surface area contributed by atoms with Crippen LogP contribution in [0.1, 0.15) is 30.0 Å². The number of benzene rings is 4. The average Bonchev–Trinajstić information content (AvgIpc) is 3.03. The molecule has 1 N–H and O–H groups in total. The second-order valence-electron chi connectivity index (χ2n) is 10.4. The van der Waals surface area contributed by atoms with Crippen LogP contribution in [0, 0.1) is 6.92 Å². The highest BCUT2D eigenvalue weighted by Gasteiger charge is 2.35. The fourth-order valence-electron chi connectivity index (χ4n) is 4.79. The van der Waals surface area contributed by atoms with E-state index in [1.807, 2.05) is 37.3 Å². The lowest BCUT2D eigenvalue weighted by molar-refractivity contribution is -0.140. The van der Waals surface area contributed by atoms with E-state index in [4.69, 9.17) is 23.2 Å². The number of anilines is 1. The van der Waals surface area contributed by atoms with Crippen LogP contribution >= 0.6 is 23.2 Å². The molecular weight excluding hydrogens is 617 g/mol. The summed E-state index contributed by atoms with van der Waals surface area (Å²) in [5.41, 5.74) is 2.49. The molecule has 0 aromatic heterocycles. The lowest BCUT2D eigenvalue weighted by Gasteiger charge is -2.34. The first-order chi connectivity index (χ1) is 21.1. The number of amides is 2. The molecule has 0 unspecified atom stereocenters. The molecule has 0 spiro atoms. The molecule has 0 aliphatic rings. The van der Waals surface area contributed by atoms with E-state index < -0.39 is 28.5 Å². The minimum absolute atomic E-state index is 0.0259. The number of hydrogen-bond donors (Lipinski definition) is 1. The Morgan fingerprint density at radius 2 is 1.43 bits per heavy atom. The summed E-state index contributed by atoms with van der Waals surface area (Å²) in [4.78, 5) is 29.6. The van der Waals surface area contributed by atoms with Crippen LogP contribution in [0.15, 0.2) is 108 Å². The number of aryl methyl sites for hydroxylation is 1. The number of nitrogens with one attached hydrogen (secondary N) is 1. The molecule has 0 fully saturated rings. The van der Waals surface area contributed by atoms with Gasteiger partial charge in [0, 0.05) is 29.6 Å². The summed E-state index contributed by atoms with van der Waals surface area (Å²) < 4.78 is 29.3. The number of sulfonamides is 1. The van der Waals surface area contributed by atoms with Gasteiger partial charge < -0.3 is 10.2 Å². The molecule has 4 aromatic carbocycles.